The Kier molecular flexibility index (Phi) is 5.08. The molecular formula is C18H25N3O2. The van der Waals surface area contributed by atoms with Crippen LogP contribution in [-0.4, -0.2) is 32.7 Å². The lowest BCUT2D eigenvalue weighted by Gasteiger charge is -2.25. The largest absolute Gasteiger partial charge is 0.388 e. The lowest BCUT2D eigenvalue weighted by Crippen LogP contribution is -2.30. The minimum absolute atomic E-state index is 0.255. The number of nitrogens with zero attached hydrogens (tertiary/aromatic N) is 3. The van der Waals surface area contributed by atoms with Crippen LogP contribution >= 0.6 is 0 Å². The molecule has 1 fully saturated rings. The SMILES string of the molecule is CC(C)c1nc(CN2CCCC2CC(O)c2ccccc2)no1. The van der Waals surface area contributed by atoms with Gasteiger partial charge in [-0.3, -0.25) is 4.90 Å². The number of rotatable bonds is 6. The first-order chi connectivity index (χ1) is 11.1. The Morgan fingerprint density at radius 3 is 2.78 bits per heavy atom. The van der Waals surface area contributed by atoms with E-state index in [1.807, 2.05) is 44.2 Å². The third-order valence-electron chi connectivity index (χ3n) is 4.50. The summed E-state index contributed by atoms with van der Waals surface area (Å²) in [5.41, 5.74) is 0.987. The van der Waals surface area contributed by atoms with E-state index in [1.165, 1.54) is 0 Å². The first-order valence-corrected chi connectivity index (χ1v) is 8.43. The molecule has 124 valence electrons. The van der Waals surface area contributed by atoms with Crippen LogP contribution in [0.2, 0.25) is 0 Å². The highest BCUT2D eigenvalue weighted by Gasteiger charge is 2.28. The van der Waals surface area contributed by atoms with Crippen molar-refractivity contribution < 1.29 is 9.63 Å². The molecule has 1 aliphatic rings. The molecule has 0 amide bonds. The monoisotopic (exact) mass is 315 g/mol. The molecule has 3 rings (SSSR count). The Labute approximate surface area is 137 Å². The van der Waals surface area contributed by atoms with Crippen molar-refractivity contribution >= 4 is 0 Å². The minimum Gasteiger partial charge on any atom is -0.388 e. The van der Waals surface area contributed by atoms with E-state index < -0.39 is 6.10 Å². The summed E-state index contributed by atoms with van der Waals surface area (Å²) in [7, 11) is 0. The van der Waals surface area contributed by atoms with Gasteiger partial charge in [0.2, 0.25) is 5.89 Å². The molecule has 5 nitrogen and oxygen atoms in total. The van der Waals surface area contributed by atoms with Gasteiger partial charge in [0.1, 0.15) is 0 Å². The maximum atomic E-state index is 10.5. The number of hydrogen-bond donors (Lipinski definition) is 1. The number of aliphatic hydroxyl groups excluding tert-OH is 1. The standard InChI is InChI=1S/C18H25N3O2/c1-13(2)18-19-17(20-23-18)12-21-10-6-9-15(21)11-16(22)14-7-4-3-5-8-14/h3-5,7-8,13,15-16,22H,6,9-12H2,1-2H3. The lowest BCUT2D eigenvalue weighted by molar-refractivity contribution is 0.116. The molecule has 1 aromatic carbocycles. The summed E-state index contributed by atoms with van der Waals surface area (Å²) in [4.78, 5) is 6.83. The summed E-state index contributed by atoms with van der Waals surface area (Å²) in [5, 5.41) is 14.5. The van der Waals surface area contributed by atoms with Crippen molar-refractivity contribution in [2.45, 2.75) is 57.7 Å². The van der Waals surface area contributed by atoms with E-state index in [2.05, 4.69) is 15.0 Å². The summed E-state index contributed by atoms with van der Waals surface area (Å²) in [6.45, 7) is 5.82. The first-order valence-electron chi connectivity index (χ1n) is 8.43. The van der Waals surface area contributed by atoms with E-state index >= 15 is 0 Å². The Bertz CT molecular complexity index is 612. The van der Waals surface area contributed by atoms with Gasteiger partial charge in [-0.05, 0) is 31.4 Å². The molecular weight excluding hydrogens is 290 g/mol. The summed E-state index contributed by atoms with van der Waals surface area (Å²) in [5.74, 6) is 1.69. The first kappa shape index (κ1) is 16.1. The zero-order valence-electron chi connectivity index (χ0n) is 13.9. The van der Waals surface area contributed by atoms with Crippen LogP contribution in [0.25, 0.3) is 0 Å². The van der Waals surface area contributed by atoms with Crippen LogP contribution in [0.4, 0.5) is 0 Å². The summed E-state index contributed by atoms with van der Waals surface area (Å²) in [6, 6.07) is 10.2. The van der Waals surface area contributed by atoms with Crippen molar-refractivity contribution in [1.29, 1.82) is 0 Å². The highest BCUT2D eigenvalue weighted by Crippen LogP contribution is 2.28. The van der Waals surface area contributed by atoms with E-state index in [1.54, 1.807) is 0 Å². The predicted molar refractivity (Wildman–Crippen MR) is 87.8 cm³/mol. The maximum absolute atomic E-state index is 10.5. The average molecular weight is 315 g/mol. The van der Waals surface area contributed by atoms with Gasteiger partial charge < -0.3 is 9.63 Å². The van der Waals surface area contributed by atoms with Crippen LogP contribution in [-0.2, 0) is 6.54 Å². The van der Waals surface area contributed by atoms with Crippen LogP contribution in [0.3, 0.4) is 0 Å². The van der Waals surface area contributed by atoms with Gasteiger partial charge in [-0.1, -0.05) is 49.3 Å². The van der Waals surface area contributed by atoms with Gasteiger partial charge in [-0.2, -0.15) is 4.98 Å². The number of hydrogen-bond acceptors (Lipinski definition) is 5. The van der Waals surface area contributed by atoms with Gasteiger partial charge in [0.25, 0.3) is 0 Å². The van der Waals surface area contributed by atoms with E-state index in [0.29, 0.717) is 18.5 Å². The van der Waals surface area contributed by atoms with Crippen LogP contribution in [0, 0.1) is 0 Å². The van der Waals surface area contributed by atoms with Crippen LogP contribution in [0.15, 0.2) is 34.9 Å². The third kappa shape index (κ3) is 3.98. The normalized spacial score (nSPS) is 20.3. The predicted octanol–water partition coefficient (Wildman–Crippen LogP) is 3.28. The molecule has 0 aliphatic carbocycles. The van der Waals surface area contributed by atoms with Crippen LogP contribution in [0.5, 0.6) is 0 Å². The molecule has 0 radical (unpaired) electrons. The van der Waals surface area contributed by atoms with E-state index in [0.717, 1.165) is 37.2 Å². The Balaban J connectivity index is 1.61. The highest BCUT2D eigenvalue weighted by molar-refractivity contribution is 5.17. The number of benzene rings is 1. The van der Waals surface area contributed by atoms with Crippen molar-refractivity contribution in [2.24, 2.45) is 0 Å². The van der Waals surface area contributed by atoms with Gasteiger partial charge in [-0.15, -0.1) is 0 Å². The topological polar surface area (TPSA) is 62.4 Å². The van der Waals surface area contributed by atoms with Crippen molar-refractivity contribution in [2.75, 3.05) is 6.54 Å². The second-order valence-corrected chi connectivity index (χ2v) is 6.63. The molecule has 0 spiro atoms. The van der Waals surface area contributed by atoms with Gasteiger partial charge in [-0.25, -0.2) is 0 Å². The molecule has 1 N–H and O–H groups in total. The molecule has 2 unspecified atom stereocenters. The fraction of sp³-hybridized carbons (Fsp3) is 0.556. The number of aliphatic hydroxyl groups is 1. The second-order valence-electron chi connectivity index (χ2n) is 6.63. The molecule has 2 atom stereocenters. The quantitative estimate of drug-likeness (QED) is 0.886. The molecule has 1 aromatic heterocycles. The maximum Gasteiger partial charge on any atom is 0.229 e. The lowest BCUT2D eigenvalue weighted by atomic mass is 10.0. The molecule has 5 heteroatoms. The minimum atomic E-state index is -0.418. The van der Waals surface area contributed by atoms with E-state index in [-0.39, 0.29) is 5.92 Å². The third-order valence-corrected chi connectivity index (χ3v) is 4.50. The zero-order valence-corrected chi connectivity index (χ0v) is 13.9. The Hall–Kier alpha value is -1.72. The summed E-state index contributed by atoms with van der Waals surface area (Å²) >= 11 is 0. The smallest absolute Gasteiger partial charge is 0.229 e. The number of aromatic nitrogens is 2. The van der Waals surface area contributed by atoms with E-state index in [9.17, 15) is 5.11 Å². The van der Waals surface area contributed by atoms with Crippen molar-refractivity contribution in [3.63, 3.8) is 0 Å². The van der Waals surface area contributed by atoms with Gasteiger partial charge in [0, 0.05) is 12.0 Å². The number of likely N-dealkylation sites (tertiary alicyclic amines) is 1. The van der Waals surface area contributed by atoms with Gasteiger partial charge in [0.05, 0.1) is 12.6 Å². The molecule has 1 saturated heterocycles. The second kappa shape index (κ2) is 7.23. The zero-order chi connectivity index (χ0) is 16.2. The Morgan fingerprint density at radius 2 is 2.09 bits per heavy atom. The molecule has 2 heterocycles. The fourth-order valence-corrected chi connectivity index (χ4v) is 3.19. The Morgan fingerprint density at radius 1 is 1.30 bits per heavy atom. The van der Waals surface area contributed by atoms with Gasteiger partial charge in [0.15, 0.2) is 5.82 Å². The molecule has 0 bridgehead atoms. The fourth-order valence-electron chi connectivity index (χ4n) is 3.19. The van der Waals surface area contributed by atoms with Gasteiger partial charge >= 0.3 is 0 Å². The summed E-state index contributed by atoms with van der Waals surface area (Å²) in [6.07, 6.45) is 2.59. The molecule has 2 aromatic rings. The van der Waals surface area contributed by atoms with Crippen molar-refractivity contribution in [3.05, 3.63) is 47.6 Å². The van der Waals surface area contributed by atoms with Crippen molar-refractivity contribution in [1.82, 2.24) is 15.0 Å². The molecule has 0 saturated carbocycles. The molecule has 23 heavy (non-hydrogen) atoms. The van der Waals surface area contributed by atoms with Crippen molar-refractivity contribution in [3.8, 4) is 0 Å². The summed E-state index contributed by atoms with van der Waals surface area (Å²) < 4.78 is 5.28. The highest BCUT2D eigenvalue weighted by atomic mass is 16.5. The van der Waals surface area contributed by atoms with Crippen LogP contribution < -0.4 is 0 Å². The van der Waals surface area contributed by atoms with E-state index in [4.69, 9.17) is 4.52 Å². The molecule has 1 aliphatic heterocycles. The average Bonchev–Trinajstić information content (AvgIpc) is 3.19. The van der Waals surface area contributed by atoms with Crippen LogP contribution in [0.1, 0.15) is 62.4 Å².